The number of halogens is 1. The number of hydrogen-bond donors (Lipinski definition) is 0. The Kier molecular flexibility index (Phi) is 18.1. The zero-order valence-electron chi connectivity index (χ0n) is 13.0. The molecule has 0 bridgehead atoms. The quantitative estimate of drug-likeness (QED) is 0.275. The first-order chi connectivity index (χ1) is 9.41. The minimum atomic E-state index is 1.18. The van der Waals surface area contributed by atoms with E-state index in [0.717, 1.165) is 0 Å². The maximum atomic E-state index is 5.45. The molecule has 19 heavy (non-hydrogen) atoms. The summed E-state index contributed by atoms with van der Waals surface area (Å²) >= 11 is 5.45. The van der Waals surface area contributed by atoms with Crippen molar-refractivity contribution in [2.45, 2.75) is 96.8 Å². The molecule has 0 atom stereocenters. The van der Waals surface area contributed by atoms with Gasteiger partial charge >= 0.3 is 0 Å². The van der Waals surface area contributed by atoms with Crippen LogP contribution in [0, 0.1) is 5.88 Å². The summed E-state index contributed by atoms with van der Waals surface area (Å²) in [7, 11) is 0. The number of hydrogen-bond acceptors (Lipinski definition) is 0. The van der Waals surface area contributed by atoms with Crippen LogP contribution < -0.4 is 0 Å². The van der Waals surface area contributed by atoms with Crippen molar-refractivity contribution in [2.24, 2.45) is 0 Å². The first kappa shape index (κ1) is 19.0. The molecule has 0 fully saturated rings. The molecule has 0 aliphatic rings. The van der Waals surface area contributed by atoms with Gasteiger partial charge in [0.2, 0.25) is 0 Å². The second kappa shape index (κ2) is 18.0. The summed E-state index contributed by atoms with van der Waals surface area (Å²) in [5, 5.41) is 0. The number of unbranched alkanes of at least 4 members (excludes halogenated alkanes) is 13. The van der Waals surface area contributed by atoms with Crippen molar-refractivity contribution >= 4 is 11.6 Å². The zero-order valence-corrected chi connectivity index (χ0v) is 13.8. The van der Waals surface area contributed by atoms with Gasteiger partial charge in [-0.15, -0.1) is 11.6 Å². The standard InChI is InChI=1S/C18H34Cl/c1-2-3-4-5-6-7-8-9-10-11-12-13-14-15-16-17-18-19/h16-18H,2-15H2,1H3. The van der Waals surface area contributed by atoms with E-state index in [1.807, 2.05) is 6.08 Å². The van der Waals surface area contributed by atoms with Crippen LogP contribution in [0.5, 0.6) is 0 Å². The van der Waals surface area contributed by atoms with E-state index >= 15 is 0 Å². The Morgan fingerprint density at radius 3 is 1.47 bits per heavy atom. The van der Waals surface area contributed by atoms with Gasteiger partial charge in [0.1, 0.15) is 0 Å². The van der Waals surface area contributed by atoms with Crippen LogP contribution in [0.4, 0.5) is 0 Å². The third kappa shape index (κ3) is 18.0. The van der Waals surface area contributed by atoms with Crippen LogP contribution in [0.3, 0.4) is 0 Å². The Morgan fingerprint density at radius 2 is 1.05 bits per heavy atom. The van der Waals surface area contributed by atoms with Crippen molar-refractivity contribution in [1.82, 2.24) is 0 Å². The summed E-state index contributed by atoms with van der Waals surface area (Å²) in [6.45, 7) is 2.28. The lowest BCUT2D eigenvalue weighted by Gasteiger charge is -2.02. The molecule has 0 saturated heterocycles. The molecule has 0 spiro atoms. The Morgan fingerprint density at radius 1 is 0.632 bits per heavy atom. The monoisotopic (exact) mass is 285 g/mol. The molecule has 0 aliphatic heterocycles. The fourth-order valence-electron chi connectivity index (χ4n) is 2.43. The predicted octanol–water partition coefficient (Wildman–Crippen LogP) is 7.42. The molecule has 113 valence electrons. The van der Waals surface area contributed by atoms with Crippen molar-refractivity contribution in [1.29, 1.82) is 0 Å². The van der Waals surface area contributed by atoms with Crippen molar-refractivity contribution in [2.75, 3.05) is 0 Å². The summed E-state index contributed by atoms with van der Waals surface area (Å²) in [5.74, 6) is 1.59. The van der Waals surface area contributed by atoms with Gasteiger partial charge in [0.15, 0.2) is 0 Å². The van der Waals surface area contributed by atoms with Gasteiger partial charge in [0.25, 0.3) is 0 Å². The second-order valence-electron chi connectivity index (χ2n) is 5.59. The van der Waals surface area contributed by atoms with Gasteiger partial charge in [0, 0.05) is 0 Å². The normalized spacial score (nSPS) is 11.5. The molecule has 1 radical (unpaired) electrons. The Hall–Kier alpha value is 0.0300. The van der Waals surface area contributed by atoms with Crippen LogP contribution in [-0.2, 0) is 0 Å². The lowest BCUT2D eigenvalue weighted by Crippen LogP contribution is -1.82. The molecule has 0 heterocycles. The van der Waals surface area contributed by atoms with E-state index in [1.54, 1.807) is 5.88 Å². The smallest absolute Gasteiger partial charge is 0.0715 e. The third-order valence-corrected chi connectivity index (χ3v) is 3.83. The average Bonchev–Trinajstić information content (AvgIpc) is 2.43. The SMILES string of the molecule is CCCCCCCCCCCCCCCC=C[CH]Cl. The van der Waals surface area contributed by atoms with Crippen molar-refractivity contribution in [3.05, 3.63) is 18.0 Å². The van der Waals surface area contributed by atoms with Gasteiger partial charge < -0.3 is 0 Å². The largest absolute Gasteiger partial charge is 0.117 e. The van der Waals surface area contributed by atoms with E-state index in [4.69, 9.17) is 11.6 Å². The Labute approximate surface area is 127 Å². The first-order valence-electron chi connectivity index (χ1n) is 8.50. The highest BCUT2D eigenvalue weighted by molar-refractivity contribution is 6.24. The van der Waals surface area contributed by atoms with Crippen molar-refractivity contribution < 1.29 is 0 Å². The first-order valence-corrected chi connectivity index (χ1v) is 8.94. The van der Waals surface area contributed by atoms with Crippen LogP contribution in [0.2, 0.25) is 0 Å². The van der Waals surface area contributed by atoms with E-state index in [9.17, 15) is 0 Å². The van der Waals surface area contributed by atoms with Gasteiger partial charge in [-0.1, -0.05) is 96.1 Å². The molecule has 0 saturated carbocycles. The topological polar surface area (TPSA) is 0 Å². The second-order valence-corrected chi connectivity index (χ2v) is 5.84. The van der Waals surface area contributed by atoms with E-state index < -0.39 is 0 Å². The van der Waals surface area contributed by atoms with Crippen LogP contribution in [0.25, 0.3) is 0 Å². The van der Waals surface area contributed by atoms with Gasteiger partial charge in [-0.2, -0.15) is 0 Å². The van der Waals surface area contributed by atoms with Crippen LogP contribution in [-0.4, -0.2) is 0 Å². The highest BCUT2D eigenvalue weighted by Gasteiger charge is 1.93. The Bertz CT molecular complexity index is 175. The lowest BCUT2D eigenvalue weighted by molar-refractivity contribution is 0.540. The highest BCUT2D eigenvalue weighted by Crippen LogP contribution is 2.12. The molecule has 0 rings (SSSR count). The maximum absolute atomic E-state index is 5.45. The fraction of sp³-hybridized carbons (Fsp3) is 0.833. The molecule has 0 nitrogen and oxygen atoms in total. The minimum Gasteiger partial charge on any atom is -0.117 e. The van der Waals surface area contributed by atoms with Gasteiger partial charge in [-0.3, -0.25) is 0 Å². The number of rotatable bonds is 15. The molecule has 0 unspecified atom stereocenters. The van der Waals surface area contributed by atoms with E-state index in [-0.39, 0.29) is 0 Å². The van der Waals surface area contributed by atoms with Crippen molar-refractivity contribution in [3.8, 4) is 0 Å². The predicted molar refractivity (Wildman–Crippen MR) is 89.6 cm³/mol. The molecular formula is C18H34Cl. The molecular weight excluding hydrogens is 252 g/mol. The van der Waals surface area contributed by atoms with Crippen LogP contribution in [0.15, 0.2) is 12.2 Å². The summed E-state index contributed by atoms with van der Waals surface area (Å²) in [5.41, 5.74) is 0. The van der Waals surface area contributed by atoms with Gasteiger partial charge in [0.05, 0.1) is 5.88 Å². The average molecular weight is 286 g/mol. The zero-order chi connectivity index (χ0) is 14.0. The maximum Gasteiger partial charge on any atom is 0.0715 e. The Balaban J connectivity index is 2.93. The third-order valence-electron chi connectivity index (χ3n) is 3.68. The highest BCUT2D eigenvalue weighted by atomic mass is 35.5. The van der Waals surface area contributed by atoms with E-state index in [2.05, 4.69) is 13.0 Å². The summed E-state index contributed by atoms with van der Waals surface area (Å²) in [4.78, 5) is 0. The fourth-order valence-corrected chi connectivity index (χ4v) is 2.53. The van der Waals surface area contributed by atoms with Gasteiger partial charge in [-0.25, -0.2) is 0 Å². The van der Waals surface area contributed by atoms with Crippen LogP contribution in [0.1, 0.15) is 96.8 Å². The minimum absolute atomic E-state index is 1.18. The van der Waals surface area contributed by atoms with Crippen LogP contribution >= 0.6 is 11.6 Å². The van der Waals surface area contributed by atoms with E-state index in [1.165, 1.54) is 89.9 Å². The molecule has 0 aromatic carbocycles. The molecule has 1 heteroatoms. The molecule has 0 aromatic heterocycles. The lowest BCUT2D eigenvalue weighted by atomic mass is 10.0. The summed E-state index contributed by atoms with van der Waals surface area (Å²) < 4.78 is 0. The molecule has 0 N–H and O–H groups in total. The van der Waals surface area contributed by atoms with E-state index in [0.29, 0.717) is 0 Å². The molecule has 0 aromatic rings. The molecule has 0 aliphatic carbocycles. The molecule has 0 amide bonds. The summed E-state index contributed by atoms with van der Waals surface area (Å²) in [6, 6.07) is 0. The number of allylic oxidation sites excluding steroid dienone is 2. The van der Waals surface area contributed by atoms with Gasteiger partial charge in [-0.05, 0) is 12.8 Å². The van der Waals surface area contributed by atoms with Crippen molar-refractivity contribution in [3.63, 3.8) is 0 Å². The summed E-state index contributed by atoms with van der Waals surface area (Å²) in [6.07, 6.45) is 23.8.